The number of carbonyl (C=O) groups excluding carboxylic acids is 2. The normalized spacial score (nSPS) is 9.83. The number of aromatic nitrogens is 2. The minimum Gasteiger partial charge on any atom is -0.356 e. The molecule has 0 aromatic carbocycles. The Hall–Kier alpha value is -2.34. The molecule has 7 heteroatoms. The molecule has 0 bridgehead atoms. The smallest absolute Gasteiger partial charge is 0.288 e. The van der Waals surface area contributed by atoms with Crippen molar-refractivity contribution in [3.8, 4) is 0 Å². The van der Waals surface area contributed by atoms with Crippen LogP contribution in [0.4, 0.5) is 0 Å². The Morgan fingerprint density at radius 2 is 2.00 bits per heavy atom. The van der Waals surface area contributed by atoms with Gasteiger partial charge in [-0.1, -0.05) is 17.7 Å². The van der Waals surface area contributed by atoms with Gasteiger partial charge in [0, 0.05) is 12.4 Å². The van der Waals surface area contributed by atoms with Gasteiger partial charge in [0.2, 0.25) is 0 Å². The van der Waals surface area contributed by atoms with Crippen LogP contribution in [0.2, 0.25) is 5.02 Å². The van der Waals surface area contributed by atoms with Crippen LogP contribution < -0.4 is 10.9 Å². The van der Waals surface area contributed by atoms with Crippen LogP contribution in [-0.4, -0.2) is 21.8 Å². The molecule has 0 spiro atoms. The lowest BCUT2D eigenvalue weighted by atomic mass is 10.3. The van der Waals surface area contributed by atoms with Crippen molar-refractivity contribution in [2.24, 2.45) is 0 Å². The highest BCUT2D eigenvalue weighted by atomic mass is 35.5. The predicted octanol–water partition coefficient (Wildman–Crippen LogP) is 1.14. The Morgan fingerprint density at radius 1 is 1.22 bits per heavy atom. The maximum absolute atomic E-state index is 11.6. The Balaban J connectivity index is 1.92. The zero-order valence-corrected chi connectivity index (χ0v) is 9.86. The van der Waals surface area contributed by atoms with Crippen molar-refractivity contribution in [2.75, 3.05) is 0 Å². The van der Waals surface area contributed by atoms with E-state index in [-0.39, 0.29) is 11.4 Å². The van der Waals surface area contributed by atoms with E-state index in [1.807, 2.05) is 0 Å². The molecule has 92 valence electrons. The Labute approximate surface area is 107 Å². The van der Waals surface area contributed by atoms with E-state index in [9.17, 15) is 9.59 Å². The van der Waals surface area contributed by atoms with Gasteiger partial charge in [0.05, 0.1) is 5.02 Å². The first-order valence-electron chi connectivity index (χ1n) is 5.02. The zero-order chi connectivity index (χ0) is 13.0. The molecule has 0 atom stereocenters. The monoisotopic (exact) mass is 264 g/mol. The fraction of sp³-hybridized carbons (Fsp3) is 0. The highest BCUT2D eigenvalue weighted by Gasteiger charge is 2.10. The number of H-pyrrole nitrogens is 1. The van der Waals surface area contributed by atoms with Gasteiger partial charge >= 0.3 is 0 Å². The molecule has 0 fully saturated rings. The molecule has 0 saturated heterocycles. The zero-order valence-electron chi connectivity index (χ0n) is 9.11. The molecule has 2 aromatic rings. The topological polar surface area (TPSA) is 86.9 Å². The Bertz CT molecular complexity index is 567. The number of amides is 2. The van der Waals surface area contributed by atoms with Gasteiger partial charge in [0.25, 0.3) is 11.8 Å². The van der Waals surface area contributed by atoms with Gasteiger partial charge in [-0.2, -0.15) is 0 Å². The first-order valence-corrected chi connectivity index (χ1v) is 5.40. The summed E-state index contributed by atoms with van der Waals surface area (Å²) in [6, 6.07) is 6.35. The first-order chi connectivity index (χ1) is 8.66. The summed E-state index contributed by atoms with van der Waals surface area (Å²) in [4.78, 5) is 29.6. The molecule has 0 unspecified atom stereocenters. The second-order valence-corrected chi connectivity index (χ2v) is 3.79. The Morgan fingerprint density at radius 3 is 2.61 bits per heavy atom. The van der Waals surface area contributed by atoms with Gasteiger partial charge in [-0.15, -0.1) is 0 Å². The lowest BCUT2D eigenvalue weighted by Crippen LogP contribution is -2.42. The SMILES string of the molecule is O=C(NNC(=O)c1cc(Cl)c[nH]1)c1ccccn1. The standard InChI is InChI=1S/C11H9ClN4O2/c12-7-5-9(14-6-7)11(18)16-15-10(17)8-3-1-2-4-13-8/h1-6,14H,(H,15,17)(H,16,18). The van der Waals surface area contributed by atoms with Gasteiger partial charge in [0.1, 0.15) is 11.4 Å². The number of nitrogens with one attached hydrogen (secondary N) is 3. The summed E-state index contributed by atoms with van der Waals surface area (Å²) in [6.45, 7) is 0. The summed E-state index contributed by atoms with van der Waals surface area (Å²) in [5, 5.41) is 0.413. The number of pyridine rings is 1. The molecule has 0 aliphatic rings. The average Bonchev–Trinajstić information content (AvgIpc) is 2.83. The van der Waals surface area contributed by atoms with Crippen molar-refractivity contribution in [2.45, 2.75) is 0 Å². The minimum atomic E-state index is -0.499. The molecule has 2 aromatic heterocycles. The largest absolute Gasteiger partial charge is 0.356 e. The second kappa shape index (κ2) is 5.33. The van der Waals surface area contributed by atoms with E-state index >= 15 is 0 Å². The van der Waals surface area contributed by atoms with Crippen molar-refractivity contribution in [1.29, 1.82) is 0 Å². The molecule has 0 radical (unpaired) electrons. The van der Waals surface area contributed by atoms with Crippen LogP contribution in [0.5, 0.6) is 0 Å². The molecular formula is C11H9ClN4O2. The van der Waals surface area contributed by atoms with E-state index in [2.05, 4.69) is 20.8 Å². The third-order valence-electron chi connectivity index (χ3n) is 2.08. The molecule has 0 saturated carbocycles. The van der Waals surface area contributed by atoms with Gasteiger partial charge in [-0.25, -0.2) is 0 Å². The summed E-state index contributed by atoms with van der Waals surface area (Å²) < 4.78 is 0. The number of rotatable bonds is 2. The fourth-order valence-electron chi connectivity index (χ4n) is 1.24. The first kappa shape index (κ1) is 12.1. The summed E-state index contributed by atoms with van der Waals surface area (Å²) in [6.07, 6.45) is 2.96. The number of nitrogens with zero attached hydrogens (tertiary/aromatic N) is 1. The lowest BCUT2D eigenvalue weighted by Gasteiger charge is -2.05. The van der Waals surface area contributed by atoms with Gasteiger partial charge in [-0.05, 0) is 18.2 Å². The maximum Gasteiger partial charge on any atom is 0.288 e. The Kier molecular flexibility index (Phi) is 3.59. The van der Waals surface area contributed by atoms with Crippen molar-refractivity contribution >= 4 is 23.4 Å². The van der Waals surface area contributed by atoms with Crippen LogP contribution in [0, 0.1) is 0 Å². The number of aromatic amines is 1. The fourth-order valence-corrected chi connectivity index (χ4v) is 1.40. The van der Waals surface area contributed by atoms with Crippen molar-refractivity contribution in [1.82, 2.24) is 20.8 Å². The third-order valence-corrected chi connectivity index (χ3v) is 2.30. The van der Waals surface area contributed by atoms with Crippen LogP contribution in [-0.2, 0) is 0 Å². The van der Waals surface area contributed by atoms with Crippen LogP contribution in [0.15, 0.2) is 36.7 Å². The number of carbonyl (C=O) groups is 2. The van der Waals surface area contributed by atoms with E-state index in [0.717, 1.165) is 0 Å². The molecular weight excluding hydrogens is 256 g/mol. The molecule has 3 N–H and O–H groups in total. The third kappa shape index (κ3) is 2.86. The summed E-state index contributed by atoms with van der Waals surface area (Å²) >= 11 is 5.65. The lowest BCUT2D eigenvalue weighted by molar-refractivity contribution is 0.0841. The van der Waals surface area contributed by atoms with Crippen LogP contribution in [0.1, 0.15) is 21.0 Å². The van der Waals surface area contributed by atoms with E-state index in [0.29, 0.717) is 5.02 Å². The number of hydrogen-bond acceptors (Lipinski definition) is 3. The van der Waals surface area contributed by atoms with E-state index < -0.39 is 11.8 Å². The number of hydrogen-bond donors (Lipinski definition) is 3. The molecule has 2 rings (SSSR count). The molecule has 0 aliphatic heterocycles. The van der Waals surface area contributed by atoms with Crippen molar-refractivity contribution in [3.05, 3.63) is 53.1 Å². The van der Waals surface area contributed by atoms with Gasteiger partial charge in [-0.3, -0.25) is 25.4 Å². The molecule has 0 aliphatic carbocycles. The van der Waals surface area contributed by atoms with E-state index in [1.54, 1.807) is 12.1 Å². The minimum absolute atomic E-state index is 0.210. The summed E-state index contributed by atoms with van der Waals surface area (Å²) in [5.41, 5.74) is 4.95. The van der Waals surface area contributed by atoms with Gasteiger partial charge in [0.15, 0.2) is 0 Å². The summed E-state index contributed by atoms with van der Waals surface area (Å²) in [5.74, 6) is -0.993. The van der Waals surface area contributed by atoms with Crippen molar-refractivity contribution < 1.29 is 9.59 Å². The van der Waals surface area contributed by atoms with Crippen LogP contribution >= 0.6 is 11.6 Å². The van der Waals surface area contributed by atoms with Crippen LogP contribution in [0.25, 0.3) is 0 Å². The molecule has 2 amide bonds. The molecule has 2 heterocycles. The number of halogens is 1. The highest BCUT2D eigenvalue weighted by molar-refractivity contribution is 6.30. The van der Waals surface area contributed by atoms with Gasteiger partial charge < -0.3 is 4.98 Å². The maximum atomic E-state index is 11.6. The molecule has 18 heavy (non-hydrogen) atoms. The van der Waals surface area contributed by atoms with E-state index in [1.165, 1.54) is 24.5 Å². The predicted molar refractivity (Wildman–Crippen MR) is 65.0 cm³/mol. The highest BCUT2D eigenvalue weighted by Crippen LogP contribution is 2.08. The van der Waals surface area contributed by atoms with E-state index in [4.69, 9.17) is 11.6 Å². The second-order valence-electron chi connectivity index (χ2n) is 3.35. The quantitative estimate of drug-likeness (QED) is 0.711. The van der Waals surface area contributed by atoms with Crippen LogP contribution in [0.3, 0.4) is 0 Å². The van der Waals surface area contributed by atoms with Crippen molar-refractivity contribution in [3.63, 3.8) is 0 Å². The average molecular weight is 265 g/mol. The summed E-state index contributed by atoms with van der Waals surface area (Å²) in [7, 11) is 0. The molecule has 6 nitrogen and oxygen atoms in total. The number of hydrazine groups is 1.